The molecule has 130 valence electrons. The van der Waals surface area contributed by atoms with E-state index in [0.29, 0.717) is 0 Å². The number of nitrogens with one attached hydrogen (secondary N) is 1. The van der Waals surface area contributed by atoms with Crippen molar-refractivity contribution >= 4 is 60.4 Å². The van der Waals surface area contributed by atoms with Gasteiger partial charge in [0.2, 0.25) is 0 Å². The molecule has 2 aromatic carbocycles. The van der Waals surface area contributed by atoms with Gasteiger partial charge in [-0.1, -0.05) is 24.3 Å². The summed E-state index contributed by atoms with van der Waals surface area (Å²) in [4.78, 5) is 8.27. The third-order valence-electron chi connectivity index (χ3n) is 4.61. The van der Waals surface area contributed by atoms with E-state index in [2.05, 4.69) is 90.8 Å². The van der Waals surface area contributed by atoms with Gasteiger partial charge in [0.05, 0.1) is 8.67 Å². The van der Waals surface area contributed by atoms with Crippen molar-refractivity contribution in [3.05, 3.63) is 71.1 Å². The molecular weight excluding hydrogens is 552 g/mol. The molecule has 0 spiro atoms. The van der Waals surface area contributed by atoms with E-state index < -0.39 is 21.0 Å². The number of aromatic amines is 1. The molecule has 7 heteroatoms. The maximum Gasteiger partial charge on any atom is 0.261 e. The third kappa shape index (κ3) is 2.63. The average Bonchev–Trinajstić information content (AvgIpc) is 3.20. The normalized spacial score (nSPS) is 12.7. The maximum atomic E-state index is 4.76. The molecule has 1 aliphatic heterocycles. The lowest BCUT2D eigenvalue weighted by Gasteiger charge is -2.05. The van der Waals surface area contributed by atoms with Crippen LogP contribution in [0.3, 0.4) is 0 Å². The minimum atomic E-state index is -0.442. The van der Waals surface area contributed by atoms with Crippen molar-refractivity contribution in [2.75, 3.05) is 0 Å². The summed E-state index contributed by atoms with van der Waals surface area (Å²) in [5, 5.41) is 10.1. The number of aryl methyl sites for hydroxylation is 2. The first-order valence-corrected chi connectivity index (χ1v) is 11.4. The largest absolute Gasteiger partial charge is 0.338 e. The monoisotopic (exact) mass is 567 g/mol. The van der Waals surface area contributed by atoms with Gasteiger partial charge in [-0.25, -0.2) is 2.78 Å². The summed E-state index contributed by atoms with van der Waals surface area (Å²) in [6, 6.07) is 12.9. The van der Waals surface area contributed by atoms with Gasteiger partial charge in [-0.2, -0.15) is 4.99 Å². The van der Waals surface area contributed by atoms with Gasteiger partial charge < -0.3 is 4.98 Å². The van der Waals surface area contributed by atoms with Crippen molar-refractivity contribution in [1.29, 1.82) is 0 Å². The Kier molecular flexibility index (Phi) is 3.96. The molecule has 0 aliphatic carbocycles. The van der Waals surface area contributed by atoms with E-state index in [1.165, 1.54) is 34.3 Å². The Balaban J connectivity index is 1.68. The number of hydrogen-bond acceptors (Lipinski definition) is 3. The summed E-state index contributed by atoms with van der Waals surface area (Å²) in [6.45, 7) is 4.32. The van der Waals surface area contributed by atoms with E-state index in [0.717, 1.165) is 23.7 Å². The Labute approximate surface area is 173 Å². The number of hydrogen-bond donors (Lipinski definition) is 1. The number of fused-ring (bicyclic) bond motifs is 4. The third-order valence-corrected chi connectivity index (χ3v) is 8.33. The van der Waals surface area contributed by atoms with Crippen LogP contribution < -0.4 is 5.49 Å². The molecule has 1 N–H and O–H groups in total. The molecule has 1 aliphatic rings. The van der Waals surface area contributed by atoms with E-state index in [-0.39, 0.29) is 0 Å². The first kappa shape index (κ1) is 16.5. The standard InChI is InChI=1S/C19H15I2N5/c1-10-3-4-11(2)17-15(10)16-18(22-17)23-19-25-24-14(26(19)21-16)9-12-5-7-13(20)8-6-12/h3-8H,9H2,1-2H3,(H,22,23,25). The molecule has 2 aromatic heterocycles. The minimum Gasteiger partial charge on any atom is -0.338 e. The number of rotatable bonds is 2. The summed E-state index contributed by atoms with van der Waals surface area (Å²) in [5.41, 5.74) is 5.98. The second-order valence-corrected chi connectivity index (χ2v) is 10.2. The Morgan fingerprint density at radius 2 is 1.81 bits per heavy atom. The summed E-state index contributed by atoms with van der Waals surface area (Å²) < 4.78 is 4.83. The van der Waals surface area contributed by atoms with E-state index >= 15 is 0 Å². The molecule has 0 saturated carbocycles. The molecular formula is C19H15I2N5. The van der Waals surface area contributed by atoms with Gasteiger partial charge in [0.15, 0.2) is 0 Å². The van der Waals surface area contributed by atoms with Crippen LogP contribution >= 0.6 is 43.6 Å². The highest BCUT2D eigenvalue weighted by molar-refractivity contribution is 14.2. The van der Waals surface area contributed by atoms with Gasteiger partial charge in [0.1, 0.15) is 11.3 Å². The molecule has 4 aromatic rings. The molecule has 0 saturated heterocycles. The zero-order valence-corrected chi connectivity index (χ0v) is 18.5. The maximum absolute atomic E-state index is 4.76. The second-order valence-electron chi connectivity index (χ2n) is 6.43. The summed E-state index contributed by atoms with van der Waals surface area (Å²) in [5.74, 6) is 1.73. The Bertz CT molecular complexity index is 1280. The van der Waals surface area contributed by atoms with Crippen molar-refractivity contribution in [2.45, 2.75) is 20.3 Å². The fraction of sp³-hybridized carbons (Fsp3) is 0.158. The molecule has 0 bridgehead atoms. The van der Waals surface area contributed by atoms with Crippen LogP contribution in [0.1, 0.15) is 22.5 Å². The molecule has 0 fully saturated rings. The lowest BCUT2D eigenvalue weighted by Crippen LogP contribution is -2.07. The number of aromatic nitrogens is 4. The summed E-state index contributed by atoms with van der Waals surface area (Å²) in [7, 11) is 0. The van der Waals surface area contributed by atoms with Crippen LogP contribution in [0.5, 0.6) is 0 Å². The van der Waals surface area contributed by atoms with Gasteiger partial charge in [0, 0.05) is 36.4 Å². The topological polar surface area (TPSA) is 58.9 Å². The highest BCUT2D eigenvalue weighted by Gasteiger charge is 2.17. The fourth-order valence-corrected chi connectivity index (χ4v) is 6.46. The summed E-state index contributed by atoms with van der Waals surface area (Å²) in [6.07, 6.45) is 0.787. The fourth-order valence-electron chi connectivity index (χ4n) is 3.23. The molecule has 0 radical (unpaired) electrons. The van der Waals surface area contributed by atoms with Crippen LogP contribution in [0.15, 0.2) is 41.4 Å². The Morgan fingerprint density at radius 1 is 1.04 bits per heavy atom. The quantitative estimate of drug-likeness (QED) is 0.319. The molecule has 5 nitrogen and oxygen atoms in total. The van der Waals surface area contributed by atoms with Crippen LogP contribution in [-0.2, 0) is 6.42 Å². The van der Waals surface area contributed by atoms with Crippen molar-refractivity contribution in [3.8, 4) is 0 Å². The van der Waals surface area contributed by atoms with Crippen molar-refractivity contribution in [3.63, 3.8) is 0 Å². The van der Waals surface area contributed by atoms with E-state index in [9.17, 15) is 0 Å². The Hall–Kier alpha value is -1.62. The van der Waals surface area contributed by atoms with Crippen molar-refractivity contribution in [1.82, 2.24) is 18.0 Å². The van der Waals surface area contributed by atoms with Crippen molar-refractivity contribution < 1.29 is 0 Å². The molecule has 0 atom stereocenters. The molecule has 26 heavy (non-hydrogen) atoms. The van der Waals surface area contributed by atoms with Gasteiger partial charge in [-0.3, -0.25) is 0 Å². The second kappa shape index (κ2) is 6.22. The van der Waals surface area contributed by atoms with Crippen LogP contribution in [0.4, 0.5) is 5.95 Å². The number of halogens is 2. The highest BCUT2D eigenvalue weighted by atomic mass is 127. The van der Waals surface area contributed by atoms with Gasteiger partial charge in [0.25, 0.3) is 5.95 Å². The number of H-pyrrole nitrogens is 1. The van der Waals surface area contributed by atoms with Crippen LogP contribution in [0, 0.1) is 20.6 Å². The van der Waals surface area contributed by atoms with Crippen LogP contribution in [0.2, 0.25) is 0 Å². The lowest BCUT2D eigenvalue weighted by molar-refractivity contribution is 0.966. The van der Waals surface area contributed by atoms with Gasteiger partial charge >= 0.3 is 0 Å². The zero-order valence-electron chi connectivity index (χ0n) is 14.2. The Morgan fingerprint density at radius 3 is 2.62 bits per heavy atom. The number of nitrogens with zero attached hydrogens (tertiary/aromatic N) is 4. The minimum absolute atomic E-state index is 0.442. The van der Waals surface area contributed by atoms with E-state index in [1.54, 1.807) is 0 Å². The van der Waals surface area contributed by atoms with Gasteiger partial charge in [-0.15, -0.1) is 10.2 Å². The van der Waals surface area contributed by atoms with Crippen LogP contribution in [0.25, 0.3) is 10.9 Å². The van der Waals surface area contributed by atoms with Crippen LogP contribution in [-0.4, -0.2) is 18.0 Å². The molecule has 5 rings (SSSR count). The lowest BCUT2D eigenvalue weighted by atomic mass is 10.1. The van der Waals surface area contributed by atoms with E-state index in [4.69, 9.17) is 4.99 Å². The van der Waals surface area contributed by atoms with E-state index in [1.807, 2.05) is 0 Å². The predicted molar refractivity (Wildman–Crippen MR) is 119 cm³/mol. The predicted octanol–water partition coefficient (Wildman–Crippen LogP) is 4.52. The summed E-state index contributed by atoms with van der Waals surface area (Å²) >= 11 is 1.89. The SMILES string of the molecule is Cc1ccc(C)c2c3c([nH]c12)=Nc1nnc(Cc2ccc(I)cc2)n1I=3. The molecule has 0 amide bonds. The van der Waals surface area contributed by atoms with Gasteiger partial charge in [-0.05, 0) is 65.3 Å². The molecule has 0 unspecified atom stereocenters. The van der Waals surface area contributed by atoms with Crippen molar-refractivity contribution in [2.24, 2.45) is 4.99 Å². The zero-order chi connectivity index (χ0) is 17.8. The average molecular weight is 567 g/mol. The highest BCUT2D eigenvalue weighted by Crippen LogP contribution is 2.30. The first-order chi connectivity index (χ1) is 12.6. The smallest absolute Gasteiger partial charge is 0.261 e. The number of benzene rings is 2. The first-order valence-electron chi connectivity index (χ1n) is 8.28. The molecule has 3 heterocycles.